The topological polar surface area (TPSA) is 88.2 Å². The maximum Gasteiger partial charge on any atom is 0.326 e. The molecular formula is C13H17N3O2S2. The average Bonchev–Trinajstić information content (AvgIpc) is 3.08. The minimum atomic E-state index is -1.06. The van der Waals surface area contributed by atoms with Crippen molar-refractivity contribution in [1.82, 2.24) is 4.98 Å². The summed E-state index contributed by atoms with van der Waals surface area (Å²) >= 11 is 3.09. The minimum absolute atomic E-state index is 0.208. The zero-order valence-corrected chi connectivity index (χ0v) is 12.7. The summed E-state index contributed by atoms with van der Waals surface area (Å²) in [5, 5.41) is 16.7. The molecule has 0 saturated heterocycles. The van der Waals surface area contributed by atoms with Gasteiger partial charge in [-0.05, 0) is 17.9 Å². The van der Waals surface area contributed by atoms with Crippen LogP contribution in [0.25, 0.3) is 0 Å². The predicted octanol–water partition coefficient (Wildman–Crippen LogP) is 3.24. The van der Waals surface area contributed by atoms with Crippen molar-refractivity contribution in [3.05, 3.63) is 33.5 Å². The normalized spacial score (nSPS) is 13.9. The van der Waals surface area contributed by atoms with E-state index in [0.717, 1.165) is 12.8 Å². The van der Waals surface area contributed by atoms with Crippen LogP contribution >= 0.6 is 22.7 Å². The summed E-state index contributed by atoms with van der Waals surface area (Å²) in [7, 11) is 0. The quantitative estimate of drug-likeness (QED) is 0.730. The number of carbonyl (C=O) groups is 1. The van der Waals surface area contributed by atoms with Crippen LogP contribution in [0.3, 0.4) is 0 Å². The fourth-order valence-corrected chi connectivity index (χ4v) is 3.45. The molecule has 108 valence electrons. The van der Waals surface area contributed by atoms with E-state index in [1.165, 1.54) is 16.2 Å². The summed E-state index contributed by atoms with van der Waals surface area (Å²) in [6.45, 7) is 2.13. The van der Waals surface area contributed by atoms with E-state index >= 15 is 0 Å². The van der Waals surface area contributed by atoms with Crippen molar-refractivity contribution in [2.75, 3.05) is 5.32 Å². The van der Waals surface area contributed by atoms with Gasteiger partial charge in [-0.3, -0.25) is 4.79 Å². The van der Waals surface area contributed by atoms with Crippen molar-refractivity contribution in [3.63, 3.8) is 0 Å². The maximum absolute atomic E-state index is 10.8. The average molecular weight is 311 g/mol. The van der Waals surface area contributed by atoms with Crippen molar-refractivity contribution >= 4 is 33.8 Å². The van der Waals surface area contributed by atoms with Crippen LogP contribution in [0.15, 0.2) is 22.9 Å². The van der Waals surface area contributed by atoms with E-state index in [0.29, 0.717) is 10.8 Å². The van der Waals surface area contributed by atoms with Gasteiger partial charge in [0.05, 0.1) is 11.7 Å². The van der Waals surface area contributed by atoms with Gasteiger partial charge >= 0.3 is 5.97 Å². The molecule has 5 nitrogen and oxygen atoms in total. The Labute approximate surface area is 125 Å². The molecule has 7 heteroatoms. The molecule has 2 aromatic heterocycles. The van der Waals surface area contributed by atoms with Crippen LogP contribution in [0.5, 0.6) is 0 Å². The number of nitrogens with two attached hydrogens (primary N) is 1. The summed E-state index contributed by atoms with van der Waals surface area (Å²) in [5.74, 6) is -1.06. The summed E-state index contributed by atoms with van der Waals surface area (Å²) in [5.41, 5.74) is 5.95. The van der Waals surface area contributed by atoms with Gasteiger partial charge in [0.1, 0.15) is 6.04 Å². The molecular weight excluding hydrogens is 294 g/mol. The predicted molar refractivity (Wildman–Crippen MR) is 82.3 cm³/mol. The van der Waals surface area contributed by atoms with Crippen LogP contribution in [0.1, 0.15) is 42.4 Å². The minimum Gasteiger partial charge on any atom is -0.480 e. The second-order valence-corrected chi connectivity index (χ2v) is 6.23. The van der Waals surface area contributed by atoms with Gasteiger partial charge in [0.2, 0.25) is 0 Å². The smallest absolute Gasteiger partial charge is 0.326 e. The van der Waals surface area contributed by atoms with Crippen LogP contribution in [-0.4, -0.2) is 16.1 Å². The summed E-state index contributed by atoms with van der Waals surface area (Å²) < 4.78 is 0. The van der Waals surface area contributed by atoms with Crippen LogP contribution in [0.4, 0.5) is 5.13 Å². The van der Waals surface area contributed by atoms with Gasteiger partial charge in [0.25, 0.3) is 0 Å². The third kappa shape index (κ3) is 3.56. The van der Waals surface area contributed by atoms with E-state index in [2.05, 4.69) is 23.3 Å². The van der Waals surface area contributed by atoms with E-state index in [9.17, 15) is 4.79 Å². The van der Waals surface area contributed by atoms with Gasteiger partial charge in [-0.25, -0.2) is 4.98 Å². The first kappa shape index (κ1) is 15.0. The zero-order chi connectivity index (χ0) is 14.5. The lowest BCUT2D eigenvalue weighted by molar-refractivity contribution is -0.138. The lowest BCUT2D eigenvalue weighted by Crippen LogP contribution is -2.21. The highest BCUT2D eigenvalue weighted by Gasteiger charge is 2.19. The number of aromatic nitrogens is 1. The SMILES string of the molecule is CCCC(Nc1nc(C(N)C(=O)O)cs1)c1cccs1. The van der Waals surface area contributed by atoms with Gasteiger partial charge in [-0.2, -0.15) is 0 Å². The molecule has 0 aromatic carbocycles. The van der Waals surface area contributed by atoms with Crippen LogP contribution in [0, 0.1) is 0 Å². The molecule has 2 rings (SSSR count). The largest absolute Gasteiger partial charge is 0.480 e. The second-order valence-electron chi connectivity index (χ2n) is 4.39. The second kappa shape index (κ2) is 6.83. The standard InChI is InChI=1S/C13H17N3O2S2/c1-2-4-8(10-5-3-6-19-10)15-13-16-9(7-20-13)11(14)12(17)18/h3,5-8,11H,2,4,14H2,1H3,(H,15,16)(H,17,18). The number of thiophene rings is 1. The van der Waals surface area contributed by atoms with Crippen molar-refractivity contribution < 1.29 is 9.90 Å². The molecule has 2 aromatic rings. The van der Waals surface area contributed by atoms with Gasteiger partial charge in [0, 0.05) is 10.3 Å². The molecule has 0 fully saturated rings. The number of aliphatic carboxylic acids is 1. The van der Waals surface area contributed by atoms with Crippen LogP contribution in [0.2, 0.25) is 0 Å². The summed E-state index contributed by atoms with van der Waals surface area (Å²) in [6.07, 6.45) is 2.06. The first-order chi connectivity index (χ1) is 9.61. The van der Waals surface area contributed by atoms with Crippen molar-refractivity contribution in [2.45, 2.75) is 31.8 Å². The molecule has 0 amide bonds. The molecule has 0 aliphatic carbocycles. The van der Waals surface area contributed by atoms with Crippen molar-refractivity contribution in [2.24, 2.45) is 5.73 Å². The van der Waals surface area contributed by atoms with E-state index in [-0.39, 0.29) is 6.04 Å². The molecule has 2 unspecified atom stereocenters. The molecule has 0 aliphatic rings. The number of hydrogen-bond acceptors (Lipinski definition) is 6. The summed E-state index contributed by atoms with van der Waals surface area (Å²) in [6, 6.07) is 3.27. The Morgan fingerprint density at radius 1 is 1.55 bits per heavy atom. The Kier molecular flexibility index (Phi) is 5.11. The van der Waals surface area contributed by atoms with E-state index in [1.807, 2.05) is 11.4 Å². The van der Waals surface area contributed by atoms with Crippen LogP contribution in [-0.2, 0) is 4.79 Å². The fraction of sp³-hybridized carbons (Fsp3) is 0.385. The third-order valence-electron chi connectivity index (χ3n) is 2.87. The highest BCUT2D eigenvalue weighted by Crippen LogP contribution is 2.29. The van der Waals surface area contributed by atoms with Gasteiger partial charge in [-0.15, -0.1) is 22.7 Å². The Morgan fingerprint density at radius 3 is 2.95 bits per heavy atom. The summed E-state index contributed by atoms with van der Waals surface area (Å²) in [4.78, 5) is 16.4. The number of rotatable bonds is 7. The Hall–Kier alpha value is -1.44. The van der Waals surface area contributed by atoms with E-state index in [4.69, 9.17) is 10.8 Å². The number of nitrogens with zero attached hydrogens (tertiary/aromatic N) is 1. The Bertz CT molecular complexity index is 554. The number of carboxylic acid groups (broad SMARTS) is 1. The Balaban J connectivity index is 2.09. The highest BCUT2D eigenvalue weighted by molar-refractivity contribution is 7.13. The van der Waals surface area contributed by atoms with E-state index in [1.54, 1.807) is 16.7 Å². The molecule has 2 atom stereocenters. The molecule has 4 N–H and O–H groups in total. The molecule has 0 bridgehead atoms. The monoisotopic (exact) mass is 311 g/mol. The Morgan fingerprint density at radius 2 is 2.35 bits per heavy atom. The van der Waals surface area contributed by atoms with Crippen molar-refractivity contribution in [3.8, 4) is 0 Å². The fourth-order valence-electron chi connectivity index (χ4n) is 1.83. The van der Waals surface area contributed by atoms with Crippen molar-refractivity contribution in [1.29, 1.82) is 0 Å². The third-order valence-corrected chi connectivity index (χ3v) is 4.65. The molecule has 20 heavy (non-hydrogen) atoms. The number of thiazole rings is 1. The number of carboxylic acids is 1. The molecule has 2 heterocycles. The number of nitrogens with one attached hydrogen (secondary N) is 1. The van der Waals surface area contributed by atoms with E-state index < -0.39 is 12.0 Å². The zero-order valence-electron chi connectivity index (χ0n) is 11.1. The van der Waals surface area contributed by atoms with Crippen LogP contribution < -0.4 is 11.1 Å². The maximum atomic E-state index is 10.8. The number of anilines is 1. The molecule has 0 spiro atoms. The highest BCUT2D eigenvalue weighted by atomic mass is 32.1. The first-order valence-electron chi connectivity index (χ1n) is 6.35. The molecule has 0 saturated carbocycles. The molecule has 0 radical (unpaired) electrons. The van der Waals surface area contributed by atoms with Gasteiger partial charge in [0.15, 0.2) is 5.13 Å². The lowest BCUT2D eigenvalue weighted by Gasteiger charge is -2.15. The first-order valence-corrected chi connectivity index (χ1v) is 8.11. The number of hydrogen-bond donors (Lipinski definition) is 3. The van der Waals surface area contributed by atoms with Gasteiger partial charge < -0.3 is 16.2 Å². The molecule has 0 aliphatic heterocycles. The van der Waals surface area contributed by atoms with Gasteiger partial charge in [-0.1, -0.05) is 19.4 Å². The lowest BCUT2D eigenvalue weighted by atomic mass is 10.1.